The van der Waals surface area contributed by atoms with Gasteiger partial charge in [-0.1, -0.05) is 52.4 Å². The molecule has 0 spiro atoms. The van der Waals surface area contributed by atoms with Crippen LogP contribution in [-0.4, -0.2) is 11.0 Å². The Morgan fingerprint density at radius 3 is 2.21 bits per heavy atom. The topological polar surface area (TPSA) is 39.2 Å². The zero-order valence-corrected chi connectivity index (χ0v) is 18.0. The third kappa shape index (κ3) is 6.06. The molecule has 28 heavy (non-hydrogen) atoms. The third-order valence-electron chi connectivity index (χ3n) is 7.15. The molecule has 2 fully saturated rings. The molecule has 156 valence electrons. The molecule has 0 radical (unpaired) electrons. The fourth-order valence-corrected chi connectivity index (χ4v) is 5.34. The summed E-state index contributed by atoms with van der Waals surface area (Å²) in [5.74, 6) is 3.35. The number of esters is 1. The summed E-state index contributed by atoms with van der Waals surface area (Å²) >= 11 is 0. The molecule has 0 N–H and O–H groups in total. The molecular weight excluding hydrogens is 346 g/mol. The Morgan fingerprint density at radius 1 is 0.964 bits per heavy atom. The van der Waals surface area contributed by atoms with Crippen LogP contribution in [0, 0.1) is 23.7 Å². The van der Waals surface area contributed by atoms with Crippen LogP contribution in [0.2, 0.25) is 0 Å². The molecule has 3 nitrogen and oxygen atoms in total. The molecule has 3 rings (SSSR count). The van der Waals surface area contributed by atoms with Crippen LogP contribution in [-0.2, 0) is 11.2 Å². The number of hydrogen-bond donors (Lipinski definition) is 0. The number of carbonyl (C=O) groups excluding carboxylic acids is 1. The van der Waals surface area contributed by atoms with E-state index in [1.165, 1.54) is 57.8 Å². The van der Waals surface area contributed by atoms with E-state index in [-0.39, 0.29) is 11.9 Å². The van der Waals surface area contributed by atoms with Gasteiger partial charge in [0.2, 0.25) is 0 Å². The lowest BCUT2D eigenvalue weighted by Crippen LogP contribution is -2.30. The van der Waals surface area contributed by atoms with Gasteiger partial charge in [0, 0.05) is 5.69 Å². The molecule has 2 saturated carbocycles. The lowest BCUT2D eigenvalue weighted by Gasteiger charge is -2.37. The van der Waals surface area contributed by atoms with Crippen molar-refractivity contribution >= 4 is 5.97 Å². The van der Waals surface area contributed by atoms with Crippen LogP contribution in [0.3, 0.4) is 0 Å². The van der Waals surface area contributed by atoms with E-state index in [1.54, 1.807) is 6.20 Å². The maximum absolute atomic E-state index is 12.6. The molecule has 1 aromatic rings. The summed E-state index contributed by atoms with van der Waals surface area (Å²) < 4.78 is 5.62. The predicted octanol–water partition coefficient (Wildman–Crippen LogP) is 6.74. The minimum atomic E-state index is -0.0493. The minimum Gasteiger partial charge on any atom is -0.425 e. The van der Waals surface area contributed by atoms with Crippen LogP contribution in [0.5, 0.6) is 5.75 Å². The van der Waals surface area contributed by atoms with Crippen molar-refractivity contribution in [2.75, 3.05) is 0 Å². The van der Waals surface area contributed by atoms with E-state index in [0.717, 1.165) is 49.1 Å². The van der Waals surface area contributed by atoms with E-state index in [2.05, 4.69) is 18.8 Å². The molecule has 2 aliphatic carbocycles. The van der Waals surface area contributed by atoms with Crippen LogP contribution in [0.4, 0.5) is 0 Å². The number of rotatable bonds is 8. The molecule has 1 aromatic heterocycles. The fourth-order valence-electron chi connectivity index (χ4n) is 5.34. The molecule has 1 heterocycles. The second-order valence-corrected chi connectivity index (χ2v) is 9.19. The Balaban J connectivity index is 1.39. The van der Waals surface area contributed by atoms with Gasteiger partial charge in [-0.25, -0.2) is 0 Å². The SMILES string of the molecule is CCCCC1CCC(C2CCC(C(=O)Oc3ccc(CCC)nc3)CC2)CC1. The molecule has 2 aliphatic rings. The fraction of sp³-hybridized carbons (Fsp3) is 0.760. The zero-order valence-electron chi connectivity index (χ0n) is 18.0. The minimum absolute atomic E-state index is 0.0493. The highest BCUT2D eigenvalue weighted by molar-refractivity contribution is 5.75. The smallest absolute Gasteiger partial charge is 0.314 e. The summed E-state index contributed by atoms with van der Waals surface area (Å²) in [6.07, 6.45) is 18.1. The van der Waals surface area contributed by atoms with E-state index in [0.29, 0.717) is 5.75 Å². The van der Waals surface area contributed by atoms with Crippen molar-refractivity contribution in [3.05, 3.63) is 24.0 Å². The second-order valence-electron chi connectivity index (χ2n) is 9.19. The Morgan fingerprint density at radius 2 is 1.64 bits per heavy atom. The van der Waals surface area contributed by atoms with E-state index < -0.39 is 0 Å². The number of carbonyl (C=O) groups is 1. The van der Waals surface area contributed by atoms with Crippen molar-refractivity contribution in [3.63, 3.8) is 0 Å². The van der Waals surface area contributed by atoms with Gasteiger partial charge in [0.05, 0.1) is 12.1 Å². The zero-order chi connectivity index (χ0) is 19.8. The molecule has 0 unspecified atom stereocenters. The van der Waals surface area contributed by atoms with Gasteiger partial charge in [0.25, 0.3) is 0 Å². The molecule has 0 amide bonds. The maximum atomic E-state index is 12.6. The number of aryl methyl sites for hydroxylation is 1. The van der Waals surface area contributed by atoms with E-state index >= 15 is 0 Å². The Bertz CT molecular complexity index is 581. The first-order valence-corrected chi connectivity index (χ1v) is 11.9. The van der Waals surface area contributed by atoms with Gasteiger partial charge in [-0.3, -0.25) is 9.78 Å². The van der Waals surface area contributed by atoms with Crippen molar-refractivity contribution in [1.29, 1.82) is 0 Å². The second kappa shape index (κ2) is 11.0. The predicted molar refractivity (Wildman–Crippen MR) is 114 cm³/mol. The third-order valence-corrected chi connectivity index (χ3v) is 7.15. The molecular formula is C25H39NO2. The Hall–Kier alpha value is -1.38. The highest BCUT2D eigenvalue weighted by Crippen LogP contribution is 2.42. The molecule has 0 bridgehead atoms. The van der Waals surface area contributed by atoms with Gasteiger partial charge in [0.15, 0.2) is 0 Å². The summed E-state index contributed by atoms with van der Waals surface area (Å²) in [6, 6.07) is 3.86. The quantitative estimate of drug-likeness (QED) is 0.465. The average Bonchev–Trinajstić information content (AvgIpc) is 2.74. The lowest BCUT2D eigenvalue weighted by molar-refractivity contribution is -0.140. The first-order valence-electron chi connectivity index (χ1n) is 11.9. The number of unbranched alkanes of at least 4 members (excludes halogenated alkanes) is 1. The van der Waals surface area contributed by atoms with Crippen molar-refractivity contribution in [3.8, 4) is 5.75 Å². The van der Waals surface area contributed by atoms with Crippen molar-refractivity contribution < 1.29 is 9.53 Å². The largest absolute Gasteiger partial charge is 0.425 e. The van der Waals surface area contributed by atoms with Crippen LogP contribution in [0.25, 0.3) is 0 Å². The van der Waals surface area contributed by atoms with Crippen molar-refractivity contribution in [2.24, 2.45) is 23.7 Å². The summed E-state index contributed by atoms with van der Waals surface area (Å²) in [5.41, 5.74) is 1.06. The summed E-state index contributed by atoms with van der Waals surface area (Å²) in [6.45, 7) is 4.44. The van der Waals surface area contributed by atoms with Crippen LogP contribution in [0.1, 0.15) is 96.6 Å². The summed E-state index contributed by atoms with van der Waals surface area (Å²) in [5, 5.41) is 0. The molecule has 0 aliphatic heterocycles. The Labute approximate surface area is 171 Å². The normalized spacial score (nSPS) is 28.1. The molecule has 0 saturated heterocycles. The number of hydrogen-bond acceptors (Lipinski definition) is 3. The monoisotopic (exact) mass is 385 g/mol. The first kappa shape index (κ1) is 21.3. The Kier molecular flexibility index (Phi) is 8.36. The van der Waals surface area contributed by atoms with Crippen molar-refractivity contribution in [2.45, 2.75) is 97.3 Å². The molecule has 3 heteroatoms. The van der Waals surface area contributed by atoms with Crippen LogP contribution in [0.15, 0.2) is 18.3 Å². The number of aromatic nitrogens is 1. The van der Waals surface area contributed by atoms with Gasteiger partial charge >= 0.3 is 5.97 Å². The number of ether oxygens (including phenoxy) is 1. The lowest BCUT2D eigenvalue weighted by atomic mass is 9.68. The van der Waals surface area contributed by atoms with Crippen LogP contribution < -0.4 is 4.74 Å². The van der Waals surface area contributed by atoms with Gasteiger partial charge in [-0.15, -0.1) is 0 Å². The van der Waals surface area contributed by atoms with Gasteiger partial charge in [-0.05, 0) is 74.8 Å². The van der Waals surface area contributed by atoms with E-state index in [9.17, 15) is 4.79 Å². The van der Waals surface area contributed by atoms with Gasteiger partial charge < -0.3 is 4.74 Å². The molecule has 0 aromatic carbocycles. The van der Waals surface area contributed by atoms with E-state index in [1.807, 2.05) is 12.1 Å². The highest BCUT2D eigenvalue weighted by atomic mass is 16.5. The van der Waals surface area contributed by atoms with Crippen molar-refractivity contribution in [1.82, 2.24) is 4.98 Å². The van der Waals surface area contributed by atoms with E-state index in [4.69, 9.17) is 4.74 Å². The summed E-state index contributed by atoms with van der Waals surface area (Å²) in [7, 11) is 0. The van der Waals surface area contributed by atoms with Gasteiger partial charge in [-0.2, -0.15) is 0 Å². The standard InChI is InChI=1S/C25H39NO2/c1-3-5-7-19-8-10-20(11-9-19)21-12-14-22(15-13-21)25(27)28-24-17-16-23(6-4-2)26-18-24/h16-22H,3-15H2,1-2H3. The maximum Gasteiger partial charge on any atom is 0.314 e. The molecule has 0 atom stereocenters. The highest BCUT2D eigenvalue weighted by Gasteiger charge is 2.33. The first-order chi connectivity index (χ1) is 13.7. The number of pyridine rings is 1. The van der Waals surface area contributed by atoms with Crippen LogP contribution >= 0.6 is 0 Å². The van der Waals surface area contributed by atoms with Gasteiger partial charge in [0.1, 0.15) is 5.75 Å². The summed E-state index contributed by atoms with van der Waals surface area (Å²) in [4.78, 5) is 16.9. The average molecular weight is 386 g/mol. The number of nitrogens with zero attached hydrogens (tertiary/aromatic N) is 1.